The quantitative estimate of drug-likeness (QED) is 0.425. The molecular weight excluding hydrogens is 306 g/mol. The number of para-hydroxylation sites is 1. The van der Waals surface area contributed by atoms with E-state index in [2.05, 4.69) is 39.5 Å². The smallest absolute Gasteiger partial charge is 0.240 e. The van der Waals surface area contributed by atoms with Gasteiger partial charge in [-0.25, -0.2) is 4.98 Å². The molecule has 0 saturated heterocycles. The number of nitrogens with zero attached hydrogens (tertiary/aromatic N) is 3. The summed E-state index contributed by atoms with van der Waals surface area (Å²) in [6.07, 6.45) is 2.87. The fraction of sp³-hybridized carbons (Fsp3) is 0.182. The Kier molecular flexibility index (Phi) is 2.33. The van der Waals surface area contributed by atoms with E-state index in [0.717, 1.165) is 40.1 Å². The molecule has 1 aliphatic rings. The average molecular weight is 329 g/mol. The maximum absolute atomic E-state index is 7.66. The lowest BCUT2D eigenvalue weighted by Crippen LogP contribution is -2.31. The van der Waals surface area contributed by atoms with Crippen LogP contribution in [0.15, 0.2) is 54.7 Å². The second kappa shape index (κ2) is 5.03. The summed E-state index contributed by atoms with van der Waals surface area (Å²) in [5, 5.41) is 0. The molecule has 0 atom stereocenters. The van der Waals surface area contributed by atoms with Crippen LogP contribution in [0.4, 0.5) is 0 Å². The van der Waals surface area contributed by atoms with Gasteiger partial charge in [-0.05, 0) is 37.0 Å². The van der Waals surface area contributed by atoms with Crippen molar-refractivity contribution in [2.24, 2.45) is 7.05 Å². The fourth-order valence-electron chi connectivity index (χ4n) is 3.92. The summed E-state index contributed by atoms with van der Waals surface area (Å²) in [5.74, 6) is 1.04. The molecule has 0 unspecified atom stereocenters. The highest BCUT2D eigenvalue weighted by Crippen LogP contribution is 2.35. The number of benzene rings is 2. The predicted octanol–water partition coefficient (Wildman–Crippen LogP) is 4.04. The fourth-order valence-corrected chi connectivity index (χ4v) is 3.92. The van der Waals surface area contributed by atoms with Gasteiger partial charge >= 0.3 is 0 Å². The van der Waals surface area contributed by atoms with Gasteiger partial charge in [-0.15, -0.1) is 0 Å². The van der Waals surface area contributed by atoms with E-state index in [1.165, 1.54) is 11.3 Å². The van der Waals surface area contributed by atoms with Gasteiger partial charge < -0.3 is 0 Å². The Labute approximate surface area is 151 Å². The number of aryl methyl sites for hydroxylation is 3. The molecule has 2 aromatic heterocycles. The van der Waals surface area contributed by atoms with Crippen molar-refractivity contribution in [1.82, 2.24) is 9.55 Å². The monoisotopic (exact) mass is 329 g/mol. The van der Waals surface area contributed by atoms with Crippen molar-refractivity contribution in [3.63, 3.8) is 0 Å². The minimum atomic E-state index is -2.10. The van der Waals surface area contributed by atoms with Crippen LogP contribution in [0.1, 0.15) is 26.6 Å². The highest BCUT2D eigenvalue weighted by atomic mass is 15.1. The third-order valence-corrected chi connectivity index (χ3v) is 5.08. The highest BCUT2D eigenvalue weighted by molar-refractivity contribution is 5.91. The first-order valence-electron chi connectivity index (χ1n) is 9.94. The Morgan fingerprint density at radius 2 is 2.04 bits per heavy atom. The topological polar surface area (TPSA) is 21.7 Å². The largest absolute Gasteiger partial charge is 0.295 e. The molecule has 3 nitrogen and oxygen atoms in total. The summed E-state index contributed by atoms with van der Waals surface area (Å²) in [6.45, 7) is -0.140. The summed E-state index contributed by atoms with van der Waals surface area (Å²) in [4.78, 5) is 4.99. The Hall–Kier alpha value is -2.94. The number of hydrogen-bond acceptors (Lipinski definition) is 1. The van der Waals surface area contributed by atoms with Crippen LogP contribution in [0.25, 0.3) is 28.0 Å². The molecular formula is C22H20N3+. The van der Waals surface area contributed by atoms with Crippen LogP contribution in [0.3, 0.4) is 0 Å². The molecule has 1 aliphatic heterocycles. The Morgan fingerprint density at radius 3 is 2.88 bits per heavy atom. The average Bonchev–Trinajstić information content (AvgIpc) is 3.17. The maximum Gasteiger partial charge on any atom is 0.240 e. The second-order valence-electron chi connectivity index (χ2n) is 6.71. The third kappa shape index (κ3) is 1.99. The van der Waals surface area contributed by atoms with E-state index in [1.807, 2.05) is 26.2 Å². The molecule has 3 heterocycles. The number of aromatic nitrogens is 3. The molecule has 122 valence electrons. The minimum absolute atomic E-state index is 0.366. The third-order valence-electron chi connectivity index (χ3n) is 5.08. The van der Waals surface area contributed by atoms with E-state index < -0.39 is 6.85 Å². The van der Waals surface area contributed by atoms with Crippen molar-refractivity contribution in [3.8, 4) is 16.9 Å². The number of fused-ring (bicyclic) bond motifs is 5. The lowest BCUT2D eigenvalue weighted by Gasteiger charge is -2.07. The van der Waals surface area contributed by atoms with E-state index in [9.17, 15) is 0 Å². The molecule has 0 aliphatic carbocycles. The first-order valence-corrected chi connectivity index (χ1v) is 8.44. The van der Waals surface area contributed by atoms with Crippen molar-refractivity contribution in [2.75, 3.05) is 0 Å². The van der Waals surface area contributed by atoms with Crippen LogP contribution >= 0.6 is 0 Å². The van der Waals surface area contributed by atoms with E-state index in [4.69, 9.17) is 9.10 Å². The van der Waals surface area contributed by atoms with Gasteiger partial charge in [-0.2, -0.15) is 4.57 Å². The van der Waals surface area contributed by atoms with Crippen LogP contribution in [0, 0.1) is 13.8 Å². The van der Waals surface area contributed by atoms with E-state index in [0.29, 0.717) is 5.56 Å². The summed E-state index contributed by atoms with van der Waals surface area (Å²) in [7, 11) is 2.00. The summed E-state index contributed by atoms with van der Waals surface area (Å²) in [5.41, 5.74) is 7.81. The van der Waals surface area contributed by atoms with Gasteiger partial charge in [-0.3, -0.25) is 4.57 Å². The van der Waals surface area contributed by atoms with Gasteiger partial charge in [0, 0.05) is 16.6 Å². The van der Waals surface area contributed by atoms with Gasteiger partial charge in [0.15, 0.2) is 11.7 Å². The molecule has 0 amide bonds. The molecule has 0 radical (unpaired) electrons. The summed E-state index contributed by atoms with van der Waals surface area (Å²) in [6, 6.07) is 15.9. The molecule has 5 rings (SSSR count). The zero-order valence-electron chi connectivity index (χ0n) is 17.2. The predicted molar refractivity (Wildman–Crippen MR) is 100.0 cm³/mol. The van der Waals surface area contributed by atoms with Crippen molar-refractivity contribution in [1.29, 1.82) is 0 Å². The summed E-state index contributed by atoms with van der Waals surface area (Å²) < 4.78 is 27.3. The molecule has 0 fully saturated rings. The number of hydrogen-bond donors (Lipinski definition) is 0. The molecule has 3 heteroatoms. The molecule has 0 spiro atoms. The van der Waals surface area contributed by atoms with Gasteiger partial charge in [0.2, 0.25) is 5.69 Å². The van der Waals surface area contributed by atoms with Gasteiger partial charge in [0.05, 0.1) is 16.8 Å². The number of imidazole rings is 1. The zero-order chi connectivity index (χ0) is 19.6. The Morgan fingerprint density at radius 1 is 1.16 bits per heavy atom. The lowest BCUT2D eigenvalue weighted by molar-refractivity contribution is -0.659. The van der Waals surface area contributed by atoms with Crippen molar-refractivity contribution >= 4 is 11.0 Å². The zero-order valence-corrected chi connectivity index (χ0v) is 14.2. The highest BCUT2D eigenvalue weighted by Gasteiger charge is 2.27. The molecule has 0 saturated carbocycles. The van der Waals surface area contributed by atoms with Crippen LogP contribution in [-0.2, 0) is 13.5 Å². The van der Waals surface area contributed by atoms with Crippen molar-refractivity contribution < 1.29 is 8.68 Å². The molecule has 0 bridgehead atoms. The minimum Gasteiger partial charge on any atom is -0.295 e. The molecule has 25 heavy (non-hydrogen) atoms. The van der Waals surface area contributed by atoms with Gasteiger partial charge in [0.25, 0.3) is 0 Å². The van der Waals surface area contributed by atoms with E-state index in [-0.39, 0.29) is 0 Å². The first-order chi connectivity index (χ1) is 13.3. The number of pyridine rings is 1. The standard InChI is InChI=1S/C22H20N3/c1-14-8-9-17(15(2)12-14)22-21-19(10-11-24(22)3)25-18-7-5-4-6-16(18)13-20(25)23-21/h4-12H,13H2,1-3H3/q+1/i1D3. The van der Waals surface area contributed by atoms with Crippen LogP contribution in [-0.4, -0.2) is 9.55 Å². The normalized spacial score (nSPS) is 14.7. The molecule has 0 N–H and O–H groups in total. The van der Waals surface area contributed by atoms with Crippen molar-refractivity contribution in [2.45, 2.75) is 20.2 Å². The van der Waals surface area contributed by atoms with Gasteiger partial charge in [-0.1, -0.05) is 35.9 Å². The van der Waals surface area contributed by atoms with E-state index in [1.54, 1.807) is 12.1 Å². The van der Waals surface area contributed by atoms with Crippen LogP contribution < -0.4 is 4.57 Å². The first kappa shape index (κ1) is 11.6. The number of rotatable bonds is 1. The Bertz CT molecular complexity index is 1250. The summed E-state index contributed by atoms with van der Waals surface area (Å²) >= 11 is 0. The van der Waals surface area contributed by atoms with Gasteiger partial charge in [0.1, 0.15) is 12.9 Å². The SMILES string of the molecule is [2H]C([2H])([2H])c1ccc(-c2c3nc4n(c3cc[n+]2C)-c2ccccc2C4)c(C)c1. The second-order valence-corrected chi connectivity index (χ2v) is 6.71. The molecule has 2 aromatic carbocycles. The van der Waals surface area contributed by atoms with E-state index >= 15 is 0 Å². The van der Waals surface area contributed by atoms with Crippen molar-refractivity contribution in [3.05, 3.63) is 77.2 Å². The Balaban J connectivity index is 1.76. The van der Waals surface area contributed by atoms with Crippen LogP contribution in [0.2, 0.25) is 0 Å². The maximum atomic E-state index is 7.66. The molecule has 4 aromatic rings. The lowest BCUT2D eigenvalue weighted by atomic mass is 10.0. The van der Waals surface area contributed by atoms with Crippen LogP contribution in [0.5, 0.6) is 0 Å².